The summed E-state index contributed by atoms with van der Waals surface area (Å²) in [6.45, 7) is 4.02. The fourth-order valence-electron chi connectivity index (χ4n) is 3.81. The Balaban J connectivity index is 1.67. The second-order valence-electron chi connectivity index (χ2n) is 7.64. The lowest BCUT2D eigenvalue weighted by molar-refractivity contribution is -0.124. The summed E-state index contributed by atoms with van der Waals surface area (Å²) >= 11 is 0. The summed E-state index contributed by atoms with van der Waals surface area (Å²) in [5.41, 5.74) is 3.79. The molecule has 3 rings (SSSR count). The number of allylic oxidation sites excluding steroid dienone is 1. The molecule has 27 heavy (non-hydrogen) atoms. The van der Waals surface area contributed by atoms with Crippen LogP contribution in [0.2, 0.25) is 0 Å². The molecule has 1 saturated heterocycles. The number of hydrogen-bond acceptors (Lipinski definition) is 2. The van der Waals surface area contributed by atoms with E-state index in [9.17, 15) is 9.59 Å². The molecule has 2 N–H and O–H groups in total. The van der Waals surface area contributed by atoms with Crippen LogP contribution >= 0.6 is 0 Å². The van der Waals surface area contributed by atoms with Gasteiger partial charge in [-0.3, -0.25) is 4.79 Å². The average Bonchev–Trinajstić information content (AvgIpc) is 2.69. The number of nitrogens with zero attached hydrogens (tertiary/aromatic N) is 1. The molecule has 1 fully saturated rings. The van der Waals surface area contributed by atoms with Gasteiger partial charge in [-0.05, 0) is 63.0 Å². The van der Waals surface area contributed by atoms with E-state index in [1.807, 2.05) is 17.0 Å². The van der Waals surface area contributed by atoms with Crippen molar-refractivity contribution in [2.24, 2.45) is 0 Å². The molecule has 5 heteroatoms. The molecular formula is C22H31N3O2. The summed E-state index contributed by atoms with van der Waals surface area (Å²) in [5, 5.41) is 5.79. The SMILES string of the molecule is Cc1ccccc1CN(CCC1=CCCCC1)C(=O)NC1CCCNC1=O. The van der Waals surface area contributed by atoms with Crippen LogP contribution in [0.5, 0.6) is 0 Å². The van der Waals surface area contributed by atoms with Crippen LogP contribution in [-0.2, 0) is 11.3 Å². The average molecular weight is 370 g/mol. The van der Waals surface area contributed by atoms with Crippen molar-refractivity contribution < 1.29 is 9.59 Å². The van der Waals surface area contributed by atoms with E-state index >= 15 is 0 Å². The van der Waals surface area contributed by atoms with E-state index in [0.717, 1.165) is 31.2 Å². The Bertz CT molecular complexity index is 699. The Morgan fingerprint density at radius 2 is 2.11 bits per heavy atom. The molecule has 3 amide bonds. The highest BCUT2D eigenvalue weighted by Gasteiger charge is 2.26. The normalized spacial score (nSPS) is 19.8. The van der Waals surface area contributed by atoms with Crippen molar-refractivity contribution in [2.45, 2.75) is 64.5 Å². The summed E-state index contributed by atoms with van der Waals surface area (Å²) in [5.74, 6) is -0.0690. The molecule has 1 heterocycles. The second kappa shape index (κ2) is 9.58. The third-order valence-electron chi connectivity index (χ3n) is 5.58. The molecule has 0 saturated carbocycles. The number of carbonyl (C=O) groups is 2. The van der Waals surface area contributed by atoms with E-state index in [2.05, 4.69) is 35.8 Å². The van der Waals surface area contributed by atoms with E-state index in [1.54, 1.807) is 0 Å². The van der Waals surface area contributed by atoms with Crippen LogP contribution in [-0.4, -0.2) is 36.0 Å². The molecule has 0 bridgehead atoms. The highest BCUT2D eigenvalue weighted by molar-refractivity contribution is 5.87. The van der Waals surface area contributed by atoms with Gasteiger partial charge in [0.05, 0.1) is 0 Å². The van der Waals surface area contributed by atoms with Crippen LogP contribution in [0.1, 0.15) is 56.1 Å². The fraction of sp³-hybridized carbons (Fsp3) is 0.545. The predicted molar refractivity (Wildman–Crippen MR) is 107 cm³/mol. The van der Waals surface area contributed by atoms with E-state index in [0.29, 0.717) is 26.1 Å². The van der Waals surface area contributed by atoms with Crippen LogP contribution in [0, 0.1) is 6.92 Å². The minimum Gasteiger partial charge on any atom is -0.354 e. The first-order chi connectivity index (χ1) is 13.1. The van der Waals surface area contributed by atoms with Crippen molar-refractivity contribution in [3.05, 3.63) is 47.0 Å². The number of benzene rings is 1. The monoisotopic (exact) mass is 369 g/mol. The first-order valence-corrected chi connectivity index (χ1v) is 10.2. The molecule has 0 aromatic heterocycles. The van der Waals surface area contributed by atoms with Crippen molar-refractivity contribution in [1.29, 1.82) is 0 Å². The summed E-state index contributed by atoms with van der Waals surface area (Å²) in [7, 11) is 0. The van der Waals surface area contributed by atoms with Crippen molar-refractivity contribution in [3.8, 4) is 0 Å². The molecule has 1 aromatic carbocycles. The molecule has 1 aliphatic carbocycles. The molecule has 146 valence electrons. The van der Waals surface area contributed by atoms with E-state index < -0.39 is 6.04 Å². The minimum atomic E-state index is -0.417. The number of carbonyl (C=O) groups excluding carboxylic acids is 2. The lowest BCUT2D eigenvalue weighted by atomic mass is 9.97. The van der Waals surface area contributed by atoms with Gasteiger partial charge in [-0.2, -0.15) is 0 Å². The Morgan fingerprint density at radius 1 is 1.26 bits per heavy atom. The molecule has 1 aromatic rings. The van der Waals surface area contributed by atoms with Crippen molar-refractivity contribution >= 4 is 11.9 Å². The smallest absolute Gasteiger partial charge is 0.318 e. The second-order valence-corrected chi connectivity index (χ2v) is 7.64. The van der Waals surface area contributed by atoms with Gasteiger partial charge in [0.2, 0.25) is 5.91 Å². The predicted octanol–water partition coefficient (Wildman–Crippen LogP) is 3.68. The van der Waals surface area contributed by atoms with Gasteiger partial charge >= 0.3 is 6.03 Å². The minimum absolute atomic E-state index is 0.0690. The van der Waals surface area contributed by atoms with Crippen molar-refractivity contribution in [3.63, 3.8) is 0 Å². The number of hydrogen-bond donors (Lipinski definition) is 2. The Morgan fingerprint density at radius 3 is 2.85 bits per heavy atom. The molecule has 0 spiro atoms. The molecule has 0 radical (unpaired) electrons. The quantitative estimate of drug-likeness (QED) is 0.752. The van der Waals surface area contributed by atoms with Crippen LogP contribution < -0.4 is 10.6 Å². The first-order valence-electron chi connectivity index (χ1n) is 10.2. The number of urea groups is 1. The van der Waals surface area contributed by atoms with Crippen molar-refractivity contribution in [2.75, 3.05) is 13.1 Å². The molecule has 1 unspecified atom stereocenters. The van der Waals surface area contributed by atoms with Crippen LogP contribution in [0.3, 0.4) is 0 Å². The fourth-order valence-corrected chi connectivity index (χ4v) is 3.81. The van der Waals surface area contributed by atoms with Crippen LogP contribution in [0.15, 0.2) is 35.9 Å². The van der Waals surface area contributed by atoms with Gasteiger partial charge in [0.1, 0.15) is 6.04 Å². The first kappa shape index (κ1) is 19.5. The zero-order valence-corrected chi connectivity index (χ0v) is 16.3. The number of piperidine rings is 1. The number of amides is 3. The Hall–Kier alpha value is -2.30. The summed E-state index contributed by atoms with van der Waals surface area (Å²) < 4.78 is 0. The zero-order valence-electron chi connectivity index (χ0n) is 16.3. The van der Waals surface area contributed by atoms with E-state index in [1.165, 1.54) is 24.0 Å². The van der Waals surface area contributed by atoms with Gasteiger partial charge in [-0.1, -0.05) is 35.9 Å². The van der Waals surface area contributed by atoms with Gasteiger partial charge < -0.3 is 15.5 Å². The lowest BCUT2D eigenvalue weighted by Crippen LogP contribution is -2.53. The van der Waals surface area contributed by atoms with Crippen molar-refractivity contribution in [1.82, 2.24) is 15.5 Å². The molecular weight excluding hydrogens is 338 g/mol. The largest absolute Gasteiger partial charge is 0.354 e. The third kappa shape index (κ3) is 5.59. The highest BCUT2D eigenvalue weighted by atomic mass is 16.2. The summed E-state index contributed by atoms with van der Waals surface area (Å²) in [4.78, 5) is 26.8. The van der Waals surface area contributed by atoms with E-state index in [-0.39, 0.29) is 11.9 Å². The van der Waals surface area contributed by atoms with Gasteiger partial charge in [0.15, 0.2) is 0 Å². The number of nitrogens with one attached hydrogen (secondary N) is 2. The maximum atomic E-state index is 13.0. The maximum Gasteiger partial charge on any atom is 0.318 e. The molecule has 1 atom stereocenters. The third-order valence-corrected chi connectivity index (χ3v) is 5.58. The molecule has 1 aliphatic heterocycles. The van der Waals surface area contributed by atoms with E-state index in [4.69, 9.17) is 0 Å². The van der Waals surface area contributed by atoms with Crippen LogP contribution in [0.4, 0.5) is 4.79 Å². The van der Waals surface area contributed by atoms with Gasteiger partial charge in [0, 0.05) is 19.6 Å². The standard InChI is InChI=1S/C22H31N3O2/c1-17-8-5-6-11-19(17)16-25(15-13-18-9-3-2-4-10-18)22(27)24-20-12-7-14-23-21(20)26/h5-6,8-9,11,20H,2-4,7,10,12-16H2,1H3,(H,23,26)(H,24,27). The number of aryl methyl sites for hydroxylation is 1. The van der Waals surface area contributed by atoms with Crippen LogP contribution in [0.25, 0.3) is 0 Å². The highest BCUT2D eigenvalue weighted by Crippen LogP contribution is 2.21. The Kier molecular flexibility index (Phi) is 6.91. The molecule has 2 aliphatic rings. The van der Waals surface area contributed by atoms with Gasteiger partial charge in [-0.15, -0.1) is 0 Å². The topological polar surface area (TPSA) is 61.4 Å². The summed E-state index contributed by atoms with van der Waals surface area (Å²) in [6, 6.07) is 7.61. The Labute approximate surface area is 162 Å². The zero-order chi connectivity index (χ0) is 19.1. The lowest BCUT2D eigenvalue weighted by Gasteiger charge is -2.29. The molecule has 5 nitrogen and oxygen atoms in total. The summed E-state index contributed by atoms with van der Waals surface area (Å²) in [6.07, 6.45) is 9.68. The number of rotatable bonds is 6. The van der Waals surface area contributed by atoms with Gasteiger partial charge in [0.25, 0.3) is 0 Å². The maximum absolute atomic E-state index is 13.0. The van der Waals surface area contributed by atoms with Gasteiger partial charge in [-0.25, -0.2) is 4.79 Å².